The van der Waals surface area contributed by atoms with E-state index in [1.54, 1.807) is 11.1 Å². The van der Waals surface area contributed by atoms with E-state index in [0.29, 0.717) is 10.8 Å². The molecule has 0 amide bonds. The third-order valence-electron chi connectivity index (χ3n) is 5.02. The van der Waals surface area contributed by atoms with Crippen molar-refractivity contribution in [2.45, 2.75) is 64.2 Å². The van der Waals surface area contributed by atoms with Gasteiger partial charge in [0.2, 0.25) is 0 Å². The molecule has 88 valence electrons. The maximum Gasteiger partial charge on any atom is -0.00746 e. The Bertz CT molecular complexity index is 342. The molecule has 0 radical (unpaired) electrons. The molecule has 0 spiro atoms. The number of fused-ring (bicyclic) bond motifs is 1. The molecule has 0 heterocycles. The average molecular weight is 216 g/mol. The van der Waals surface area contributed by atoms with Crippen LogP contribution in [0, 0.1) is 0 Å². The van der Waals surface area contributed by atoms with Crippen LogP contribution in [0.15, 0.2) is 24.3 Å². The second-order valence-electron chi connectivity index (χ2n) is 5.87. The second-order valence-corrected chi connectivity index (χ2v) is 5.87. The first-order chi connectivity index (χ1) is 7.56. The van der Waals surface area contributed by atoms with Crippen LogP contribution in [0.1, 0.15) is 64.5 Å². The zero-order valence-corrected chi connectivity index (χ0v) is 11.1. The Hall–Kier alpha value is -0.780. The third-order valence-corrected chi connectivity index (χ3v) is 5.02. The van der Waals surface area contributed by atoms with Gasteiger partial charge in [-0.15, -0.1) is 0 Å². The van der Waals surface area contributed by atoms with Crippen LogP contribution < -0.4 is 0 Å². The molecule has 1 aliphatic rings. The molecule has 0 heteroatoms. The van der Waals surface area contributed by atoms with Crippen LogP contribution in [-0.2, 0) is 10.8 Å². The maximum atomic E-state index is 2.43. The Balaban J connectivity index is 2.57. The molecular formula is C16H24. The van der Waals surface area contributed by atoms with E-state index < -0.39 is 0 Å². The van der Waals surface area contributed by atoms with Crippen molar-refractivity contribution in [3.05, 3.63) is 35.4 Å². The van der Waals surface area contributed by atoms with Gasteiger partial charge in [0.25, 0.3) is 0 Å². The number of benzene rings is 1. The molecule has 0 saturated carbocycles. The highest BCUT2D eigenvalue weighted by molar-refractivity contribution is 5.41. The summed E-state index contributed by atoms with van der Waals surface area (Å²) in [4.78, 5) is 0. The molecule has 0 bridgehead atoms. The molecule has 0 fully saturated rings. The van der Waals surface area contributed by atoms with Crippen LogP contribution >= 0.6 is 0 Å². The standard InChI is InChI=1S/C16H24/c1-5-15(3)11-12-16(4,6-2)14-10-8-7-9-13(14)15/h7-10H,5-6,11-12H2,1-4H3. The predicted octanol–water partition coefficient (Wildman–Crippen LogP) is 4.82. The molecule has 1 aliphatic carbocycles. The summed E-state index contributed by atoms with van der Waals surface area (Å²) in [5.41, 5.74) is 4.03. The maximum absolute atomic E-state index is 2.43. The summed E-state index contributed by atoms with van der Waals surface area (Å²) in [6.45, 7) is 9.51. The minimum atomic E-state index is 0.408. The van der Waals surface area contributed by atoms with Crippen molar-refractivity contribution in [2.24, 2.45) is 0 Å². The van der Waals surface area contributed by atoms with Crippen LogP contribution in [0.3, 0.4) is 0 Å². The molecule has 0 nitrogen and oxygen atoms in total. The topological polar surface area (TPSA) is 0 Å². The van der Waals surface area contributed by atoms with Gasteiger partial charge in [0.15, 0.2) is 0 Å². The third kappa shape index (κ3) is 1.59. The van der Waals surface area contributed by atoms with Gasteiger partial charge in [0.1, 0.15) is 0 Å². The van der Waals surface area contributed by atoms with Crippen molar-refractivity contribution in [2.75, 3.05) is 0 Å². The summed E-state index contributed by atoms with van der Waals surface area (Å²) in [5, 5.41) is 0. The SMILES string of the molecule is CCC1(C)CCC(C)(CC)c2ccccc21. The lowest BCUT2D eigenvalue weighted by Gasteiger charge is -2.44. The fourth-order valence-corrected chi connectivity index (χ4v) is 3.09. The number of hydrogen-bond donors (Lipinski definition) is 0. The van der Waals surface area contributed by atoms with Crippen molar-refractivity contribution in [3.8, 4) is 0 Å². The summed E-state index contributed by atoms with van der Waals surface area (Å²) in [6.07, 6.45) is 5.18. The smallest absolute Gasteiger partial charge is 0.00746 e. The van der Waals surface area contributed by atoms with E-state index in [9.17, 15) is 0 Å². The van der Waals surface area contributed by atoms with Crippen molar-refractivity contribution in [1.29, 1.82) is 0 Å². The van der Waals surface area contributed by atoms with Crippen molar-refractivity contribution < 1.29 is 0 Å². The fourth-order valence-electron chi connectivity index (χ4n) is 3.09. The van der Waals surface area contributed by atoms with E-state index in [1.807, 2.05) is 0 Å². The number of hydrogen-bond acceptors (Lipinski definition) is 0. The second kappa shape index (κ2) is 3.91. The zero-order valence-electron chi connectivity index (χ0n) is 11.1. The predicted molar refractivity (Wildman–Crippen MR) is 71.0 cm³/mol. The molecule has 1 aromatic rings. The van der Waals surface area contributed by atoms with Gasteiger partial charge < -0.3 is 0 Å². The quantitative estimate of drug-likeness (QED) is 0.665. The first-order valence-electron chi connectivity index (χ1n) is 6.66. The molecule has 0 N–H and O–H groups in total. The van der Waals surface area contributed by atoms with E-state index >= 15 is 0 Å². The molecule has 2 unspecified atom stereocenters. The van der Waals surface area contributed by atoms with E-state index in [0.717, 1.165) is 0 Å². The number of rotatable bonds is 2. The van der Waals surface area contributed by atoms with Gasteiger partial charge in [0.05, 0.1) is 0 Å². The lowest BCUT2D eigenvalue weighted by atomic mass is 9.60. The van der Waals surface area contributed by atoms with Gasteiger partial charge in [-0.05, 0) is 47.6 Å². The van der Waals surface area contributed by atoms with Gasteiger partial charge in [0, 0.05) is 0 Å². The Kier molecular flexibility index (Phi) is 2.86. The average Bonchev–Trinajstić information content (AvgIpc) is 2.35. The largest absolute Gasteiger partial charge is 0.0645 e. The van der Waals surface area contributed by atoms with Crippen molar-refractivity contribution >= 4 is 0 Å². The molecule has 2 rings (SSSR count). The van der Waals surface area contributed by atoms with Crippen LogP contribution in [0.2, 0.25) is 0 Å². The summed E-state index contributed by atoms with van der Waals surface area (Å²) in [7, 11) is 0. The van der Waals surface area contributed by atoms with Crippen molar-refractivity contribution in [3.63, 3.8) is 0 Å². The summed E-state index contributed by atoms with van der Waals surface area (Å²) < 4.78 is 0. The fraction of sp³-hybridized carbons (Fsp3) is 0.625. The molecule has 0 aliphatic heterocycles. The first kappa shape index (κ1) is 11.7. The Labute approximate surface area is 100 Å². The van der Waals surface area contributed by atoms with E-state index in [2.05, 4.69) is 52.0 Å². The Morgan fingerprint density at radius 2 is 1.25 bits per heavy atom. The van der Waals surface area contributed by atoms with Gasteiger partial charge in [-0.2, -0.15) is 0 Å². The normalized spacial score (nSPS) is 33.5. The summed E-state index contributed by atoms with van der Waals surface area (Å²) in [5.74, 6) is 0. The summed E-state index contributed by atoms with van der Waals surface area (Å²) >= 11 is 0. The highest BCUT2D eigenvalue weighted by Gasteiger charge is 2.39. The highest BCUT2D eigenvalue weighted by Crippen LogP contribution is 2.48. The molecular weight excluding hydrogens is 192 g/mol. The van der Waals surface area contributed by atoms with E-state index in [4.69, 9.17) is 0 Å². The monoisotopic (exact) mass is 216 g/mol. The lowest BCUT2D eigenvalue weighted by molar-refractivity contribution is 0.283. The lowest BCUT2D eigenvalue weighted by Crippen LogP contribution is -2.36. The van der Waals surface area contributed by atoms with Gasteiger partial charge in [-0.1, -0.05) is 52.0 Å². The zero-order chi connectivity index (χ0) is 11.8. The highest BCUT2D eigenvalue weighted by atomic mass is 14.4. The van der Waals surface area contributed by atoms with Gasteiger partial charge >= 0.3 is 0 Å². The Morgan fingerprint density at radius 3 is 1.56 bits per heavy atom. The van der Waals surface area contributed by atoms with E-state index in [-0.39, 0.29) is 0 Å². The van der Waals surface area contributed by atoms with Crippen LogP contribution in [-0.4, -0.2) is 0 Å². The first-order valence-corrected chi connectivity index (χ1v) is 6.66. The molecule has 0 saturated heterocycles. The van der Waals surface area contributed by atoms with Crippen LogP contribution in [0.5, 0.6) is 0 Å². The minimum Gasteiger partial charge on any atom is -0.0645 e. The molecule has 2 atom stereocenters. The Morgan fingerprint density at radius 1 is 0.875 bits per heavy atom. The minimum absolute atomic E-state index is 0.408. The summed E-state index contributed by atoms with van der Waals surface area (Å²) in [6, 6.07) is 9.11. The van der Waals surface area contributed by atoms with Gasteiger partial charge in [-0.25, -0.2) is 0 Å². The molecule has 0 aromatic heterocycles. The van der Waals surface area contributed by atoms with Crippen LogP contribution in [0.25, 0.3) is 0 Å². The van der Waals surface area contributed by atoms with Gasteiger partial charge in [-0.3, -0.25) is 0 Å². The van der Waals surface area contributed by atoms with Crippen molar-refractivity contribution in [1.82, 2.24) is 0 Å². The van der Waals surface area contributed by atoms with Crippen LogP contribution in [0.4, 0.5) is 0 Å². The molecule has 1 aromatic carbocycles. The van der Waals surface area contributed by atoms with E-state index in [1.165, 1.54) is 25.7 Å². The molecule has 16 heavy (non-hydrogen) atoms.